The maximum atomic E-state index is 12.8. The van der Waals surface area contributed by atoms with Gasteiger partial charge in [0.05, 0.1) is 6.42 Å². The van der Waals surface area contributed by atoms with Crippen molar-refractivity contribution in [3.63, 3.8) is 0 Å². The van der Waals surface area contributed by atoms with E-state index in [1.54, 1.807) is 6.08 Å². The Morgan fingerprint density at radius 1 is 0.310 bits per heavy atom. The summed E-state index contributed by atoms with van der Waals surface area (Å²) in [6.45, 7) is 6.21. The standard InChI is InChI=1S/C65H98O6/c1-4-7-10-13-16-19-22-25-28-29-30-31-32-33-34-35-38-40-43-46-49-52-55-58-64(67)70-61-62(71-65(68)59-56-53-50-47-44-41-37-27-24-21-18-15-12-9-6-3)60-69-63(66)57-54-51-48-45-42-39-36-26-23-20-17-14-11-8-5-2/h7,9-10,12,16-21,25-28,30-31,33-34,36-38,40,44,46-47,49,53,56,62H,4-6,8,11,13-15,22-24,29,32,35,39,41-43,45,48,50-52,54-55,57-61H2,1-3H3/b10-7-,12-9-,19-16-,20-17-,21-18-,28-25-,31-30-,34-33-,36-26-,37-27-,40-38-,47-44-,49-46-,56-53-. The number of allylic oxidation sites excluding steroid dienone is 27. The molecule has 0 aromatic heterocycles. The van der Waals surface area contributed by atoms with Gasteiger partial charge in [0.15, 0.2) is 6.10 Å². The fourth-order valence-corrected chi connectivity index (χ4v) is 6.65. The zero-order valence-corrected chi connectivity index (χ0v) is 44.9. The summed E-state index contributed by atoms with van der Waals surface area (Å²) < 4.78 is 16.7. The molecule has 6 heteroatoms. The molecule has 0 N–H and O–H groups in total. The molecule has 394 valence electrons. The molecule has 0 aliphatic carbocycles. The van der Waals surface area contributed by atoms with Crippen molar-refractivity contribution >= 4 is 17.9 Å². The summed E-state index contributed by atoms with van der Waals surface area (Å²) in [4.78, 5) is 38.0. The highest BCUT2D eigenvalue weighted by molar-refractivity contribution is 5.72. The van der Waals surface area contributed by atoms with E-state index in [2.05, 4.69) is 179 Å². The molecule has 0 rings (SSSR count). The van der Waals surface area contributed by atoms with Gasteiger partial charge in [-0.3, -0.25) is 14.4 Å². The quantitative estimate of drug-likeness (QED) is 0.0262. The van der Waals surface area contributed by atoms with E-state index in [1.165, 1.54) is 25.7 Å². The lowest BCUT2D eigenvalue weighted by Crippen LogP contribution is -2.30. The highest BCUT2D eigenvalue weighted by Crippen LogP contribution is 2.11. The van der Waals surface area contributed by atoms with Crippen molar-refractivity contribution in [1.29, 1.82) is 0 Å². The first-order chi connectivity index (χ1) is 35.0. The largest absolute Gasteiger partial charge is 0.462 e. The molecule has 1 atom stereocenters. The van der Waals surface area contributed by atoms with Crippen LogP contribution in [0.4, 0.5) is 0 Å². The van der Waals surface area contributed by atoms with Crippen molar-refractivity contribution in [3.8, 4) is 0 Å². The summed E-state index contributed by atoms with van der Waals surface area (Å²) in [6.07, 6.45) is 85.1. The fourth-order valence-electron chi connectivity index (χ4n) is 6.65. The topological polar surface area (TPSA) is 78.9 Å². The molecule has 0 heterocycles. The van der Waals surface area contributed by atoms with Crippen molar-refractivity contribution in [2.24, 2.45) is 0 Å². The van der Waals surface area contributed by atoms with Gasteiger partial charge in [-0.25, -0.2) is 0 Å². The van der Waals surface area contributed by atoms with Crippen molar-refractivity contribution < 1.29 is 28.6 Å². The van der Waals surface area contributed by atoms with Crippen LogP contribution in [0.5, 0.6) is 0 Å². The van der Waals surface area contributed by atoms with Gasteiger partial charge < -0.3 is 14.2 Å². The third kappa shape index (κ3) is 55.6. The van der Waals surface area contributed by atoms with Gasteiger partial charge in [-0.05, 0) is 128 Å². The number of carbonyl (C=O) groups is 3. The summed E-state index contributed by atoms with van der Waals surface area (Å²) in [7, 11) is 0. The van der Waals surface area contributed by atoms with E-state index in [1.807, 2.05) is 6.08 Å². The van der Waals surface area contributed by atoms with Crippen molar-refractivity contribution in [1.82, 2.24) is 0 Å². The van der Waals surface area contributed by atoms with Gasteiger partial charge in [0.25, 0.3) is 0 Å². The molecule has 0 spiro atoms. The molecule has 0 aromatic carbocycles. The number of hydrogen-bond acceptors (Lipinski definition) is 6. The second kappa shape index (κ2) is 57.3. The normalized spacial score (nSPS) is 13.5. The highest BCUT2D eigenvalue weighted by Gasteiger charge is 2.19. The maximum Gasteiger partial charge on any atom is 0.310 e. The number of ether oxygens (including phenoxy) is 3. The first-order valence-corrected chi connectivity index (χ1v) is 27.6. The lowest BCUT2D eigenvalue weighted by Gasteiger charge is -2.18. The molecule has 0 aliphatic rings. The van der Waals surface area contributed by atoms with E-state index in [-0.39, 0.29) is 38.0 Å². The molecule has 0 bridgehead atoms. The van der Waals surface area contributed by atoms with Gasteiger partial charge in [0.1, 0.15) is 13.2 Å². The van der Waals surface area contributed by atoms with E-state index in [4.69, 9.17) is 14.2 Å². The van der Waals surface area contributed by atoms with Crippen LogP contribution in [0.25, 0.3) is 0 Å². The van der Waals surface area contributed by atoms with Crippen LogP contribution >= 0.6 is 0 Å². The van der Waals surface area contributed by atoms with E-state index >= 15 is 0 Å². The molecular weight excluding hydrogens is 877 g/mol. The second-order valence-corrected chi connectivity index (χ2v) is 17.4. The number of hydrogen-bond donors (Lipinski definition) is 0. The van der Waals surface area contributed by atoms with E-state index < -0.39 is 12.1 Å². The number of rotatable bonds is 47. The Bertz CT molecular complexity index is 1690. The number of carbonyl (C=O) groups excluding carboxylic acids is 3. The third-order valence-corrected chi connectivity index (χ3v) is 10.7. The number of esters is 3. The predicted molar refractivity (Wildman–Crippen MR) is 306 cm³/mol. The SMILES string of the molecule is CC/C=C\C/C=C\C/C=C\C/C=C\C/C=C\C/C=C\C/C=C\CCCC(=O)OCC(COC(=O)CCCCCCC/C=C\C/C=C\CCCCC)OC(=O)C/C=C\C/C=C\C/C=C\C/C=C\C/C=C\CC. The molecule has 71 heavy (non-hydrogen) atoms. The molecule has 6 nitrogen and oxygen atoms in total. The molecular formula is C65H98O6. The van der Waals surface area contributed by atoms with Crippen LogP contribution in [0.2, 0.25) is 0 Å². The molecule has 0 amide bonds. The first-order valence-electron chi connectivity index (χ1n) is 27.6. The highest BCUT2D eigenvalue weighted by atomic mass is 16.6. The molecule has 0 aromatic rings. The first kappa shape index (κ1) is 65.8. The Kier molecular flexibility index (Phi) is 53.1. The van der Waals surface area contributed by atoms with Crippen LogP contribution in [0, 0.1) is 0 Å². The van der Waals surface area contributed by atoms with Gasteiger partial charge >= 0.3 is 17.9 Å². The lowest BCUT2D eigenvalue weighted by molar-refractivity contribution is -0.166. The zero-order chi connectivity index (χ0) is 51.4. The Balaban J connectivity index is 4.63. The Morgan fingerprint density at radius 3 is 0.986 bits per heavy atom. The summed E-state index contributed by atoms with van der Waals surface area (Å²) in [5.41, 5.74) is 0. The molecule has 0 saturated heterocycles. The van der Waals surface area contributed by atoms with E-state index in [0.717, 1.165) is 122 Å². The van der Waals surface area contributed by atoms with Crippen LogP contribution in [-0.2, 0) is 28.6 Å². The second-order valence-electron chi connectivity index (χ2n) is 17.4. The number of unbranched alkanes of at least 4 members (excludes halogenated alkanes) is 9. The summed E-state index contributed by atoms with van der Waals surface area (Å²) >= 11 is 0. The average molecular weight is 975 g/mol. The predicted octanol–water partition coefficient (Wildman–Crippen LogP) is 18.8. The lowest BCUT2D eigenvalue weighted by atomic mass is 10.1. The molecule has 1 unspecified atom stereocenters. The molecule has 0 aliphatic heterocycles. The maximum absolute atomic E-state index is 12.8. The van der Waals surface area contributed by atoms with Gasteiger partial charge in [0, 0.05) is 12.8 Å². The average Bonchev–Trinajstić information content (AvgIpc) is 3.37. The molecule has 0 fully saturated rings. The van der Waals surface area contributed by atoms with Crippen LogP contribution in [0.15, 0.2) is 170 Å². The Hall–Kier alpha value is -5.23. The van der Waals surface area contributed by atoms with Crippen molar-refractivity contribution in [2.75, 3.05) is 13.2 Å². The van der Waals surface area contributed by atoms with Crippen molar-refractivity contribution in [2.45, 2.75) is 207 Å². The van der Waals surface area contributed by atoms with E-state index in [9.17, 15) is 14.4 Å². The van der Waals surface area contributed by atoms with Crippen LogP contribution < -0.4 is 0 Å². The summed E-state index contributed by atoms with van der Waals surface area (Å²) in [5, 5.41) is 0. The Morgan fingerprint density at radius 2 is 0.606 bits per heavy atom. The smallest absolute Gasteiger partial charge is 0.310 e. The molecule has 0 saturated carbocycles. The summed E-state index contributed by atoms with van der Waals surface area (Å²) in [5.74, 6) is -1.17. The van der Waals surface area contributed by atoms with Crippen molar-refractivity contribution in [3.05, 3.63) is 170 Å². The van der Waals surface area contributed by atoms with Crippen LogP contribution in [0.3, 0.4) is 0 Å². The minimum atomic E-state index is -0.871. The minimum Gasteiger partial charge on any atom is -0.462 e. The van der Waals surface area contributed by atoms with E-state index in [0.29, 0.717) is 19.3 Å². The monoisotopic (exact) mass is 975 g/mol. The van der Waals surface area contributed by atoms with Gasteiger partial charge in [-0.1, -0.05) is 223 Å². The van der Waals surface area contributed by atoms with Gasteiger partial charge in [0.2, 0.25) is 0 Å². The zero-order valence-electron chi connectivity index (χ0n) is 44.9. The van der Waals surface area contributed by atoms with Crippen LogP contribution in [0.1, 0.15) is 201 Å². The Labute approximate surface area is 434 Å². The minimum absolute atomic E-state index is 0.0722. The van der Waals surface area contributed by atoms with Gasteiger partial charge in [-0.15, -0.1) is 0 Å². The third-order valence-electron chi connectivity index (χ3n) is 10.7. The summed E-state index contributed by atoms with van der Waals surface area (Å²) in [6, 6.07) is 0. The fraction of sp³-hybridized carbons (Fsp3) is 0.523. The van der Waals surface area contributed by atoms with Crippen LogP contribution in [-0.4, -0.2) is 37.2 Å². The molecule has 0 radical (unpaired) electrons. The van der Waals surface area contributed by atoms with Gasteiger partial charge in [-0.2, -0.15) is 0 Å².